The number of esters is 1. The summed E-state index contributed by atoms with van der Waals surface area (Å²) in [6.07, 6.45) is 0.699. The van der Waals surface area contributed by atoms with E-state index in [0.29, 0.717) is 0 Å². The van der Waals surface area contributed by atoms with Crippen molar-refractivity contribution in [2.24, 2.45) is 0 Å². The number of rotatable bonds is 6. The van der Waals surface area contributed by atoms with Crippen molar-refractivity contribution in [3.8, 4) is 5.75 Å². The molecule has 122 valence electrons. The maximum absolute atomic E-state index is 11.5. The van der Waals surface area contributed by atoms with Crippen molar-refractivity contribution in [1.29, 1.82) is 0 Å². The summed E-state index contributed by atoms with van der Waals surface area (Å²) in [5, 5.41) is 28.0. The van der Waals surface area contributed by atoms with Crippen LogP contribution in [0.3, 0.4) is 0 Å². The van der Waals surface area contributed by atoms with Crippen LogP contribution in [0.5, 0.6) is 5.75 Å². The van der Waals surface area contributed by atoms with Crippen molar-refractivity contribution < 1.29 is 39.2 Å². The highest BCUT2D eigenvalue weighted by molar-refractivity contribution is 6.08. The molecule has 0 radical (unpaired) electrons. The first kappa shape index (κ1) is 17.9. The van der Waals surface area contributed by atoms with Gasteiger partial charge in [0.15, 0.2) is 0 Å². The molecule has 0 aromatic heterocycles. The molecule has 0 aliphatic carbocycles. The Bertz CT molecular complexity index is 730. The van der Waals surface area contributed by atoms with Crippen molar-refractivity contribution in [3.63, 3.8) is 0 Å². The zero-order valence-corrected chi connectivity index (χ0v) is 12.4. The number of carboxylic acid groups (broad SMARTS) is 3. The highest BCUT2D eigenvalue weighted by atomic mass is 16.5. The molecule has 23 heavy (non-hydrogen) atoms. The summed E-state index contributed by atoms with van der Waals surface area (Å²) in [6.45, 7) is 5.82. The molecule has 0 saturated carbocycles. The van der Waals surface area contributed by atoms with Crippen molar-refractivity contribution in [3.05, 3.63) is 40.5 Å². The van der Waals surface area contributed by atoms with Gasteiger partial charge in [-0.05, 0) is 18.9 Å². The van der Waals surface area contributed by atoms with Gasteiger partial charge < -0.3 is 20.1 Å². The number of carbonyl (C=O) groups is 4. The van der Waals surface area contributed by atoms with E-state index in [1.165, 1.54) is 13.8 Å². The Balaban J connectivity index is 4.03. The van der Waals surface area contributed by atoms with E-state index in [1.807, 2.05) is 0 Å². The van der Waals surface area contributed by atoms with Crippen LogP contribution in [-0.2, 0) is 11.2 Å². The van der Waals surface area contributed by atoms with Crippen LogP contribution in [0.1, 0.15) is 49.1 Å². The van der Waals surface area contributed by atoms with Gasteiger partial charge in [0.25, 0.3) is 0 Å². The van der Waals surface area contributed by atoms with Gasteiger partial charge in [0.1, 0.15) is 11.3 Å². The molecule has 0 spiro atoms. The first-order valence-corrected chi connectivity index (χ1v) is 6.40. The Kier molecular flexibility index (Phi) is 5.24. The Morgan fingerprint density at radius 3 is 1.83 bits per heavy atom. The number of ether oxygens (including phenoxy) is 1. The van der Waals surface area contributed by atoms with Crippen LogP contribution in [0.15, 0.2) is 12.7 Å². The SMILES string of the molecule is C=CC(=O)Oc1c(C)c(C(=O)O)c(C(=O)O)c(CC)c1C(=O)O. The van der Waals surface area contributed by atoms with Crippen molar-refractivity contribution in [2.75, 3.05) is 0 Å². The first-order chi connectivity index (χ1) is 10.7. The summed E-state index contributed by atoms with van der Waals surface area (Å²) in [5.74, 6) is -6.16. The molecule has 0 heterocycles. The van der Waals surface area contributed by atoms with Crippen LogP contribution >= 0.6 is 0 Å². The molecule has 8 heteroatoms. The summed E-state index contributed by atoms with van der Waals surface area (Å²) in [6, 6.07) is 0. The molecule has 0 amide bonds. The Morgan fingerprint density at radius 2 is 1.48 bits per heavy atom. The molecule has 3 N–H and O–H groups in total. The molecule has 0 bridgehead atoms. The van der Waals surface area contributed by atoms with E-state index in [9.17, 15) is 34.5 Å². The lowest BCUT2D eigenvalue weighted by atomic mass is 9.89. The molecule has 0 atom stereocenters. The fraction of sp³-hybridized carbons (Fsp3) is 0.200. The van der Waals surface area contributed by atoms with Crippen LogP contribution < -0.4 is 4.74 Å². The molecule has 0 aliphatic rings. The second-order valence-corrected chi connectivity index (χ2v) is 4.45. The maximum Gasteiger partial charge on any atom is 0.339 e. The second-order valence-electron chi connectivity index (χ2n) is 4.45. The van der Waals surface area contributed by atoms with E-state index in [2.05, 4.69) is 6.58 Å². The summed E-state index contributed by atoms with van der Waals surface area (Å²) < 4.78 is 4.86. The van der Waals surface area contributed by atoms with Gasteiger partial charge in [-0.3, -0.25) is 0 Å². The van der Waals surface area contributed by atoms with E-state index in [1.54, 1.807) is 0 Å². The first-order valence-electron chi connectivity index (χ1n) is 6.40. The number of aromatic carboxylic acids is 3. The highest BCUT2D eigenvalue weighted by Crippen LogP contribution is 2.35. The minimum Gasteiger partial charge on any atom is -0.478 e. The predicted octanol–water partition coefficient (Wildman–Crippen LogP) is 1.74. The maximum atomic E-state index is 11.5. The van der Waals surface area contributed by atoms with E-state index >= 15 is 0 Å². The molecule has 1 aromatic carbocycles. The second kappa shape index (κ2) is 6.73. The molecule has 8 nitrogen and oxygen atoms in total. The summed E-state index contributed by atoms with van der Waals surface area (Å²) in [5.41, 5.74) is -2.30. The highest BCUT2D eigenvalue weighted by Gasteiger charge is 2.32. The molecule has 0 fully saturated rings. The third-order valence-electron chi connectivity index (χ3n) is 3.16. The third kappa shape index (κ3) is 3.20. The van der Waals surface area contributed by atoms with Gasteiger partial charge in [0.2, 0.25) is 0 Å². The molecule has 0 saturated heterocycles. The smallest absolute Gasteiger partial charge is 0.339 e. The van der Waals surface area contributed by atoms with Crippen molar-refractivity contribution >= 4 is 23.9 Å². The van der Waals surface area contributed by atoms with Gasteiger partial charge in [-0.1, -0.05) is 13.5 Å². The Morgan fingerprint density at radius 1 is 1.00 bits per heavy atom. The molecule has 0 aliphatic heterocycles. The topological polar surface area (TPSA) is 138 Å². The zero-order valence-electron chi connectivity index (χ0n) is 12.4. The Hall–Kier alpha value is -3.16. The molecular formula is C15H14O8. The van der Waals surface area contributed by atoms with Gasteiger partial charge in [0, 0.05) is 11.6 Å². The standard InChI is InChI=1S/C15H14O8/c1-4-7-10(14(19)20)9(13(17)18)6(3)12(11(7)15(21)22)23-8(16)5-2/h5H,2,4H2,1,3H3,(H,17,18)(H,19,20)(H,21,22). The van der Waals surface area contributed by atoms with Crippen molar-refractivity contribution in [1.82, 2.24) is 0 Å². The van der Waals surface area contributed by atoms with E-state index in [4.69, 9.17) is 4.74 Å². The number of carboxylic acids is 3. The van der Waals surface area contributed by atoms with Crippen LogP contribution in [0.25, 0.3) is 0 Å². The summed E-state index contributed by atoms with van der Waals surface area (Å²) in [4.78, 5) is 45.8. The van der Waals surface area contributed by atoms with E-state index in [0.717, 1.165) is 6.08 Å². The van der Waals surface area contributed by atoms with Crippen LogP contribution in [0, 0.1) is 6.92 Å². The molecule has 0 unspecified atom stereocenters. The monoisotopic (exact) mass is 322 g/mol. The van der Waals surface area contributed by atoms with Gasteiger partial charge >= 0.3 is 23.9 Å². The quantitative estimate of drug-likeness (QED) is 0.409. The average Bonchev–Trinajstić information content (AvgIpc) is 2.46. The lowest BCUT2D eigenvalue weighted by Gasteiger charge is -2.18. The van der Waals surface area contributed by atoms with E-state index < -0.39 is 46.3 Å². The predicted molar refractivity (Wildman–Crippen MR) is 77.3 cm³/mol. The fourth-order valence-corrected chi connectivity index (χ4v) is 2.25. The van der Waals surface area contributed by atoms with Gasteiger partial charge in [-0.2, -0.15) is 0 Å². The number of hydrogen-bond acceptors (Lipinski definition) is 5. The van der Waals surface area contributed by atoms with Crippen LogP contribution in [-0.4, -0.2) is 39.2 Å². The van der Waals surface area contributed by atoms with Gasteiger partial charge in [-0.15, -0.1) is 0 Å². The largest absolute Gasteiger partial charge is 0.478 e. The summed E-state index contributed by atoms with van der Waals surface area (Å²) in [7, 11) is 0. The lowest BCUT2D eigenvalue weighted by Crippen LogP contribution is -2.20. The number of carbonyl (C=O) groups excluding carboxylic acids is 1. The molecule has 1 rings (SSSR count). The number of hydrogen-bond donors (Lipinski definition) is 3. The summed E-state index contributed by atoms with van der Waals surface area (Å²) >= 11 is 0. The van der Waals surface area contributed by atoms with Crippen molar-refractivity contribution in [2.45, 2.75) is 20.3 Å². The third-order valence-corrected chi connectivity index (χ3v) is 3.16. The minimum absolute atomic E-state index is 0.0809. The average molecular weight is 322 g/mol. The van der Waals surface area contributed by atoms with Crippen LogP contribution in [0.4, 0.5) is 0 Å². The zero-order chi connectivity index (χ0) is 17.9. The fourth-order valence-electron chi connectivity index (χ4n) is 2.25. The van der Waals surface area contributed by atoms with Crippen LogP contribution in [0.2, 0.25) is 0 Å². The van der Waals surface area contributed by atoms with Gasteiger partial charge in [-0.25, -0.2) is 19.2 Å². The molecule has 1 aromatic rings. The minimum atomic E-state index is -1.58. The van der Waals surface area contributed by atoms with E-state index in [-0.39, 0.29) is 17.5 Å². The Labute approximate surface area is 130 Å². The number of benzene rings is 1. The lowest BCUT2D eigenvalue weighted by molar-refractivity contribution is -0.129. The van der Waals surface area contributed by atoms with Gasteiger partial charge in [0.05, 0.1) is 11.1 Å². The molecular weight excluding hydrogens is 308 g/mol. The normalized spacial score (nSPS) is 10.0.